The lowest BCUT2D eigenvalue weighted by atomic mass is 9.99. The molecule has 3 aliphatic rings. The second kappa shape index (κ2) is 27.0. The molecule has 0 aromatic carbocycles. The SMILES string of the molecule is CC(C)C[C@@H]1NC(=O)[C@H](CCCN)NC(=O)[C@@H](C(C)C)NC(=O)[C@@H]2O[C@H](CNC(=O)[C@@H](CC(C)C)NC(=O)[C@H](CCCN)NC(=O)[C@H](C(C)C)NC(=O)[C@@H]3O[C@H](CNC1=O)[C@@H](O)[C@@H]3O)[C@@H](O)[C@@H]2O. The standard InChI is InChI=1S/C44H78N10O14/c1-19(2)15-25-37(59)47-17-27-31(55)33(57)35(67-27)43(65)54-30(22(7)8)42(64)50-24(12-10-14-46)40(62)52-26(16-20(3)4)38(60)48-18-28-32(56)34(58)36(68-28)44(66)53-29(21(5)6)41(63)49-23(11-9-13-45)39(61)51-25/h19-36,55-58H,9-18,45-46H2,1-8H3,(H,47,59)(H,48,60)(H,49,63)(H,50,64)(H,51,61)(H,52,62)(H,53,66)(H,54,65)/t23-,24-,25-,26+,27+,28+,29+,30-,31+,32+,33-,34-,35+,36+/m0/s1. The number of amides is 8. The molecule has 0 aromatic heterocycles. The Balaban J connectivity index is 2.02. The van der Waals surface area contributed by atoms with E-state index in [2.05, 4.69) is 42.5 Å². The maximum absolute atomic E-state index is 13.9. The number of aliphatic hydroxyl groups excluding tert-OH is 4. The molecule has 4 bridgehead atoms. The van der Waals surface area contributed by atoms with Gasteiger partial charge in [0.15, 0.2) is 12.2 Å². The molecule has 0 spiro atoms. The number of nitrogens with one attached hydrogen (secondary N) is 8. The lowest BCUT2D eigenvalue weighted by molar-refractivity contribution is -0.141. The number of fused-ring (bicyclic) bond motifs is 4. The molecule has 68 heavy (non-hydrogen) atoms. The highest BCUT2D eigenvalue weighted by molar-refractivity contribution is 5.96. The van der Waals surface area contributed by atoms with Gasteiger partial charge in [-0.25, -0.2) is 0 Å². The summed E-state index contributed by atoms with van der Waals surface area (Å²) in [4.78, 5) is 110. The number of hydrogen-bond donors (Lipinski definition) is 14. The summed E-state index contributed by atoms with van der Waals surface area (Å²) in [6, 6.07) is -7.46. The van der Waals surface area contributed by atoms with Crippen LogP contribution in [0.25, 0.3) is 0 Å². The third-order valence-electron chi connectivity index (χ3n) is 12.0. The maximum Gasteiger partial charge on any atom is 0.252 e. The number of hydrogen-bond acceptors (Lipinski definition) is 16. The van der Waals surface area contributed by atoms with Gasteiger partial charge in [0.1, 0.15) is 72.9 Å². The first-order valence-corrected chi connectivity index (χ1v) is 23.7. The average molecular weight is 971 g/mol. The first-order valence-electron chi connectivity index (χ1n) is 23.7. The van der Waals surface area contributed by atoms with Gasteiger partial charge in [0.05, 0.1) is 0 Å². The summed E-state index contributed by atoms with van der Waals surface area (Å²) in [5, 5.41) is 64.7. The van der Waals surface area contributed by atoms with E-state index in [0.717, 1.165) is 0 Å². The Bertz CT molecular complexity index is 1620. The summed E-state index contributed by atoms with van der Waals surface area (Å²) in [7, 11) is 0. The van der Waals surface area contributed by atoms with E-state index in [4.69, 9.17) is 20.9 Å². The van der Waals surface area contributed by atoms with E-state index < -0.39 is 157 Å². The highest BCUT2D eigenvalue weighted by atomic mass is 16.6. The van der Waals surface area contributed by atoms with Gasteiger partial charge in [-0.05, 0) is 75.3 Å². The second-order valence-electron chi connectivity index (χ2n) is 19.5. The summed E-state index contributed by atoms with van der Waals surface area (Å²) < 4.78 is 11.5. The Morgan fingerprint density at radius 1 is 0.456 bits per heavy atom. The van der Waals surface area contributed by atoms with Crippen molar-refractivity contribution in [2.24, 2.45) is 35.1 Å². The van der Waals surface area contributed by atoms with Crippen LogP contribution in [0.1, 0.15) is 93.9 Å². The van der Waals surface area contributed by atoms with Gasteiger partial charge in [0.25, 0.3) is 11.8 Å². The first-order chi connectivity index (χ1) is 31.9. The second-order valence-corrected chi connectivity index (χ2v) is 19.5. The zero-order valence-electron chi connectivity index (χ0n) is 40.5. The molecule has 0 aliphatic carbocycles. The van der Waals surface area contributed by atoms with Crippen LogP contribution in [0.15, 0.2) is 0 Å². The molecule has 24 heteroatoms. The molecule has 24 nitrogen and oxygen atoms in total. The topological polar surface area (TPSA) is 384 Å². The van der Waals surface area contributed by atoms with Crippen LogP contribution in [0.2, 0.25) is 0 Å². The van der Waals surface area contributed by atoms with E-state index in [1.807, 2.05) is 0 Å². The molecular weight excluding hydrogens is 893 g/mol. The molecule has 3 saturated heterocycles. The van der Waals surface area contributed by atoms with Crippen LogP contribution < -0.4 is 54.0 Å². The predicted molar refractivity (Wildman–Crippen MR) is 244 cm³/mol. The summed E-state index contributed by atoms with van der Waals surface area (Å²) in [5.74, 6) is -7.92. The van der Waals surface area contributed by atoms with E-state index in [1.165, 1.54) is 0 Å². The number of aliphatic hydroxyl groups is 4. The van der Waals surface area contributed by atoms with E-state index in [1.54, 1.807) is 55.4 Å². The molecule has 3 rings (SSSR count). The van der Waals surface area contributed by atoms with Crippen molar-refractivity contribution in [2.75, 3.05) is 26.2 Å². The molecule has 14 atom stereocenters. The van der Waals surface area contributed by atoms with Crippen LogP contribution in [0, 0.1) is 23.7 Å². The average Bonchev–Trinajstić information content (AvgIpc) is 3.72. The highest BCUT2D eigenvalue weighted by Crippen LogP contribution is 2.24. The lowest BCUT2D eigenvalue weighted by Crippen LogP contribution is -2.59. The van der Waals surface area contributed by atoms with Crippen LogP contribution in [0.5, 0.6) is 0 Å². The molecule has 3 aliphatic heterocycles. The Kier molecular flexibility index (Phi) is 22.9. The summed E-state index contributed by atoms with van der Waals surface area (Å²) in [6.45, 7) is 13.1. The minimum Gasteiger partial charge on any atom is -0.388 e. The summed E-state index contributed by atoms with van der Waals surface area (Å²) >= 11 is 0. The fraction of sp³-hybridized carbons (Fsp3) is 0.818. The molecule has 388 valence electrons. The molecule has 8 amide bonds. The quantitative estimate of drug-likeness (QED) is 0.0871. The molecule has 3 heterocycles. The highest BCUT2D eigenvalue weighted by Gasteiger charge is 2.49. The van der Waals surface area contributed by atoms with Crippen molar-refractivity contribution in [1.82, 2.24) is 42.5 Å². The lowest BCUT2D eigenvalue weighted by Gasteiger charge is -2.28. The summed E-state index contributed by atoms with van der Waals surface area (Å²) in [6.07, 6.45) is -12.1. The molecule has 16 N–H and O–H groups in total. The molecule has 0 aromatic rings. The third kappa shape index (κ3) is 16.3. The first kappa shape index (κ1) is 57.8. The zero-order valence-corrected chi connectivity index (χ0v) is 40.5. The van der Waals surface area contributed by atoms with Gasteiger partial charge in [-0.3, -0.25) is 38.4 Å². The van der Waals surface area contributed by atoms with Crippen LogP contribution in [0.3, 0.4) is 0 Å². The van der Waals surface area contributed by atoms with E-state index >= 15 is 0 Å². The Morgan fingerprint density at radius 3 is 1.07 bits per heavy atom. The fourth-order valence-corrected chi connectivity index (χ4v) is 8.11. The van der Waals surface area contributed by atoms with E-state index in [0.29, 0.717) is 0 Å². The fourth-order valence-electron chi connectivity index (χ4n) is 8.11. The molecule has 3 fully saturated rings. The van der Waals surface area contributed by atoms with Crippen LogP contribution in [0.4, 0.5) is 0 Å². The van der Waals surface area contributed by atoms with Gasteiger partial charge in [-0.2, -0.15) is 0 Å². The molecule has 0 radical (unpaired) electrons. The Morgan fingerprint density at radius 2 is 0.779 bits per heavy atom. The molecule has 0 unspecified atom stereocenters. The van der Waals surface area contributed by atoms with Crippen molar-refractivity contribution >= 4 is 47.3 Å². The van der Waals surface area contributed by atoms with Crippen molar-refractivity contribution in [3.63, 3.8) is 0 Å². The zero-order chi connectivity index (χ0) is 51.2. The van der Waals surface area contributed by atoms with Gasteiger partial charge in [0, 0.05) is 13.1 Å². The Labute approximate surface area is 397 Å². The number of carbonyl (C=O) groups is 8. The van der Waals surface area contributed by atoms with Crippen molar-refractivity contribution < 1.29 is 68.3 Å². The van der Waals surface area contributed by atoms with E-state index in [9.17, 15) is 58.8 Å². The van der Waals surface area contributed by atoms with Crippen molar-refractivity contribution in [3.05, 3.63) is 0 Å². The Hall–Kier alpha value is -4.56. The van der Waals surface area contributed by atoms with Crippen LogP contribution in [-0.4, -0.2) is 179 Å². The van der Waals surface area contributed by atoms with Gasteiger partial charge in [0.2, 0.25) is 35.4 Å². The summed E-state index contributed by atoms with van der Waals surface area (Å²) in [5.41, 5.74) is 11.5. The third-order valence-corrected chi connectivity index (χ3v) is 12.0. The van der Waals surface area contributed by atoms with E-state index in [-0.39, 0.29) is 63.5 Å². The number of rotatable bonds is 12. The van der Waals surface area contributed by atoms with Gasteiger partial charge in [-0.15, -0.1) is 0 Å². The number of carbonyl (C=O) groups excluding carboxylic acids is 8. The minimum atomic E-state index is -1.79. The smallest absolute Gasteiger partial charge is 0.252 e. The normalized spacial score (nSPS) is 33.6. The van der Waals surface area contributed by atoms with Gasteiger partial charge >= 0.3 is 0 Å². The molecule has 0 saturated carbocycles. The van der Waals surface area contributed by atoms with Gasteiger partial charge < -0.3 is 83.9 Å². The maximum atomic E-state index is 13.9. The predicted octanol–water partition coefficient (Wildman–Crippen LogP) is -5.00. The number of nitrogens with two attached hydrogens (primary N) is 2. The molecular formula is C44H78N10O14. The van der Waals surface area contributed by atoms with Crippen molar-refractivity contribution in [2.45, 2.75) is 179 Å². The van der Waals surface area contributed by atoms with Crippen molar-refractivity contribution in [1.29, 1.82) is 0 Å². The monoisotopic (exact) mass is 971 g/mol. The van der Waals surface area contributed by atoms with Crippen LogP contribution in [-0.2, 0) is 47.8 Å². The van der Waals surface area contributed by atoms with Gasteiger partial charge in [-0.1, -0.05) is 55.4 Å². The largest absolute Gasteiger partial charge is 0.388 e. The van der Waals surface area contributed by atoms with Crippen molar-refractivity contribution in [3.8, 4) is 0 Å². The minimum absolute atomic E-state index is 0.0340. The van der Waals surface area contributed by atoms with Crippen LogP contribution >= 0.6 is 0 Å². The number of ether oxygens (including phenoxy) is 2.